The molecule has 0 aliphatic carbocycles. The van der Waals surface area contributed by atoms with E-state index in [-0.39, 0.29) is 17.7 Å². The average molecular weight is 191 g/mol. The minimum atomic E-state index is -1.18. The minimum Gasteiger partial charge on any atom is -0.481 e. The van der Waals surface area contributed by atoms with Gasteiger partial charge in [-0.15, -0.1) is 0 Å². The summed E-state index contributed by atoms with van der Waals surface area (Å²) in [5.74, 6) is -2.25. The predicted molar refractivity (Wildman–Crippen MR) is 45.1 cm³/mol. The molecule has 0 aliphatic rings. The Hall–Kier alpha value is -1.01. The molecule has 68 valence electrons. The maximum Gasteiger partial charge on any atom is 0.320 e. The Kier molecular flexibility index (Phi) is 4.38. The van der Waals surface area contributed by atoms with Gasteiger partial charge in [0, 0.05) is 11.3 Å². The van der Waals surface area contributed by atoms with Crippen molar-refractivity contribution in [2.75, 3.05) is 0 Å². The first-order valence-corrected chi connectivity index (χ1v) is 3.56. The third-order valence-electron chi connectivity index (χ3n) is 1.11. The van der Waals surface area contributed by atoms with Crippen molar-refractivity contribution in [2.24, 2.45) is 5.73 Å². The lowest BCUT2D eigenvalue weighted by atomic mass is 10.1. The normalized spacial score (nSPS) is 12.1. The zero-order valence-corrected chi connectivity index (χ0v) is 7.00. The second-order valence-electron chi connectivity index (χ2n) is 2.26. The number of hydrogen-bond donors (Lipinski definition) is 3. The highest BCUT2D eigenvalue weighted by Gasteiger charge is 2.15. The first-order chi connectivity index (χ1) is 5.43. The minimum absolute atomic E-state index is 0.0725. The zero-order chi connectivity index (χ0) is 9.72. The number of carboxylic acids is 2. The number of hydrogen-bond acceptors (Lipinski definition) is 4. The van der Waals surface area contributed by atoms with Crippen LogP contribution in [0.15, 0.2) is 0 Å². The fraction of sp³-hybridized carbons (Fsp3) is 0.500. The molecule has 4 N–H and O–H groups in total. The molecule has 0 fully saturated rings. The maximum atomic E-state index is 10.2. The summed E-state index contributed by atoms with van der Waals surface area (Å²) in [5.41, 5.74) is 5.11. The lowest BCUT2D eigenvalue weighted by Crippen LogP contribution is -2.32. The van der Waals surface area contributed by atoms with Crippen molar-refractivity contribution in [3.8, 4) is 0 Å². The second-order valence-corrected chi connectivity index (χ2v) is 2.84. The zero-order valence-electron chi connectivity index (χ0n) is 6.19. The molecule has 0 aromatic rings. The van der Waals surface area contributed by atoms with Gasteiger partial charge in [-0.25, -0.2) is 0 Å². The van der Waals surface area contributed by atoms with Gasteiger partial charge < -0.3 is 15.9 Å². The van der Waals surface area contributed by atoms with Crippen LogP contribution >= 0.6 is 12.2 Å². The molecule has 0 saturated heterocycles. The lowest BCUT2D eigenvalue weighted by Gasteiger charge is -2.04. The van der Waals surface area contributed by atoms with Gasteiger partial charge >= 0.3 is 11.9 Å². The van der Waals surface area contributed by atoms with Crippen LogP contribution in [-0.4, -0.2) is 33.1 Å². The van der Waals surface area contributed by atoms with Gasteiger partial charge in [0.25, 0.3) is 0 Å². The van der Waals surface area contributed by atoms with E-state index < -0.39 is 18.0 Å². The van der Waals surface area contributed by atoms with E-state index in [9.17, 15) is 9.59 Å². The topological polar surface area (TPSA) is 101 Å². The van der Waals surface area contributed by atoms with Crippen LogP contribution in [0.4, 0.5) is 0 Å². The highest BCUT2D eigenvalue weighted by Crippen LogP contribution is 1.97. The van der Waals surface area contributed by atoms with Gasteiger partial charge in [0.15, 0.2) is 0 Å². The summed E-state index contributed by atoms with van der Waals surface area (Å²) < 4.78 is 0. The molecule has 1 unspecified atom stereocenters. The molecule has 6 heteroatoms. The van der Waals surface area contributed by atoms with E-state index in [0.29, 0.717) is 0 Å². The van der Waals surface area contributed by atoms with Crippen LogP contribution in [0.5, 0.6) is 0 Å². The van der Waals surface area contributed by atoms with E-state index >= 15 is 0 Å². The first-order valence-electron chi connectivity index (χ1n) is 3.15. The molecule has 0 amide bonds. The molecule has 5 nitrogen and oxygen atoms in total. The van der Waals surface area contributed by atoms with Crippen molar-refractivity contribution in [2.45, 2.75) is 18.9 Å². The molecule has 1 atom stereocenters. The van der Waals surface area contributed by atoms with E-state index in [2.05, 4.69) is 12.2 Å². The quantitative estimate of drug-likeness (QED) is 0.513. The molecule has 0 aromatic carbocycles. The second kappa shape index (κ2) is 4.78. The summed E-state index contributed by atoms with van der Waals surface area (Å²) in [7, 11) is 0. The standard InChI is InChI=1S/C6H9NO4S/c7-4(6(10)11)1-3(12)2-5(8)9/h4H,1-2,7H2,(H,8,9)(H,10,11). The Labute approximate surface area is 74.2 Å². The third kappa shape index (κ3) is 4.75. The third-order valence-corrected chi connectivity index (χ3v) is 1.42. The number of nitrogens with two attached hydrogens (primary N) is 1. The van der Waals surface area contributed by atoms with Crippen LogP contribution in [0.2, 0.25) is 0 Å². The van der Waals surface area contributed by atoms with Crippen molar-refractivity contribution in [1.82, 2.24) is 0 Å². The Morgan fingerprint density at radius 3 is 2.25 bits per heavy atom. The Morgan fingerprint density at radius 1 is 1.42 bits per heavy atom. The van der Waals surface area contributed by atoms with Crippen LogP contribution in [0, 0.1) is 0 Å². The number of carboxylic acid groups (broad SMARTS) is 2. The summed E-state index contributed by atoms with van der Waals surface area (Å²) in [6.07, 6.45) is -0.382. The molecule has 0 radical (unpaired) electrons. The van der Waals surface area contributed by atoms with E-state index in [0.717, 1.165) is 0 Å². The number of aliphatic carboxylic acids is 2. The van der Waals surface area contributed by atoms with Crippen LogP contribution in [0.3, 0.4) is 0 Å². The monoisotopic (exact) mass is 191 g/mol. The summed E-state index contributed by atoms with van der Waals surface area (Å²) in [6.45, 7) is 0. The average Bonchev–Trinajstić information content (AvgIpc) is 1.84. The predicted octanol–water partition coefficient (Wildman–Crippen LogP) is -0.367. The fourth-order valence-corrected chi connectivity index (χ4v) is 0.876. The van der Waals surface area contributed by atoms with Crippen LogP contribution in [-0.2, 0) is 9.59 Å². The summed E-state index contributed by atoms with van der Waals surface area (Å²) >= 11 is 4.60. The number of rotatable bonds is 5. The highest BCUT2D eigenvalue weighted by atomic mass is 32.1. The maximum absolute atomic E-state index is 10.2. The number of thiocarbonyl (C=S) groups is 1. The Bertz CT molecular complexity index is 216. The highest BCUT2D eigenvalue weighted by molar-refractivity contribution is 7.80. The SMILES string of the molecule is NC(CC(=S)CC(=O)O)C(=O)O. The Morgan fingerprint density at radius 2 is 1.92 bits per heavy atom. The van der Waals surface area contributed by atoms with Gasteiger partial charge in [0.2, 0.25) is 0 Å². The summed E-state index contributed by atoms with van der Waals surface area (Å²) in [6, 6.07) is -1.10. The van der Waals surface area contributed by atoms with E-state index in [1.165, 1.54) is 0 Å². The summed E-state index contributed by atoms with van der Waals surface area (Å²) in [5, 5.41) is 16.6. The van der Waals surface area contributed by atoms with Gasteiger partial charge in [-0.3, -0.25) is 9.59 Å². The molecule has 0 saturated carbocycles. The van der Waals surface area contributed by atoms with Gasteiger partial charge in [-0.05, 0) is 0 Å². The molecule has 12 heavy (non-hydrogen) atoms. The van der Waals surface area contributed by atoms with Gasteiger partial charge in [-0.1, -0.05) is 12.2 Å². The van der Waals surface area contributed by atoms with Crippen molar-refractivity contribution in [1.29, 1.82) is 0 Å². The van der Waals surface area contributed by atoms with Gasteiger partial charge in [0.05, 0.1) is 6.42 Å². The molecule has 0 spiro atoms. The number of carbonyl (C=O) groups is 2. The fourth-order valence-electron chi connectivity index (χ4n) is 0.573. The van der Waals surface area contributed by atoms with E-state index in [4.69, 9.17) is 15.9 Å². The first kappa shape index (κ1) is 11.0. The molecular weight excluding hydrogens is 182 g/mol. The Balaban J connectivity index is 3.85. The van der Waals surface area contributed by atoms with Crippen LogP contribution in [0.1, 0.15) is 12.8 Å². The van der Waals surface area contributed by atoms with Crippen molar-refractivity contribution < 1.29 is 19.8 Å². The van der Waals surface area contributed by atoms with Crippen molar-refractivity contribution in [3.05, 3.63) is 0 Å². The molecule has 0 rings (SSSR count). The lowest BCUT2D eigenvalue weighted by molar-refractivity contribution is -0.139. The molecule has 0 bridgehead atoms. The summed E-state index contributed by atoms with van der Waals surface area (Å²) in [4.78, 5) is 20.4. The molecule has 0 aromatic heterocycles. The van der Waals surface area contributed by atoms with Gasteiger partial charge in [-0.2, -0.15) is 0 Å². The largest absolute Gasteiger partial charge is 0.481 e. The van der Waals surface area contributed by atoms with Gasteiger partial charge in [0.1, 0.15) is 6.04 Å². The van der Waals surface area contributed by atoms with Crippen LogP contribution in [0.25, 0.3) is 0 Å². The van der Waals surface area contributed by atoms with Crippen LogP contribution < -0.4 is 5.73 Å². The smallest absolute Gasteiger partial charge is 0.320 e. The molecule has 0 aliphatic heterocycles. The molecular formula is C6H9NO4S. The molecule has 0 heterocycles. The van der Waals surface area contributed by atoms with E-state index in [1.807, 2.05) is 0 Å². The van der Waals surface area contributed by atoms with Crippen molar-refractivity contribution >= 4 is 29.0 Å². The van der Waals surface area contributed by atoms with E-state index in [1.54, 1.807) is 0 Å². The van der Waals surface area contributed by atoms with Crippen molar-refractivity contribution in [3.63, 3.8) is 0 Å².